The fraction of sp³-hybridized carbons (Fsp3) is 0.150. The van der Waals surface area contributed by atoms with Crippen LogP contribution < -0.4 is 9.47 Å². The molecule has 0 amide bonds. The molecule has 2 aromatic carbocycles. The van der Waals surface area contributed by atoms with Gasteiger partial charge in [-0.25, -0.2) is 4.79 Å². The number of hydrogen-bond acceptors (Lipinski definition) is 4. The molecule has 0 radical (unpaired) electrons. The molecule has 0 spiro atoms. The molecule has 0 fully saturated rings. The van der Waals surface area contributed by atoms with E-state index in [2.05, 4.69) is 13.2 Å². The van der Waals surface area contributed by atoms with Crippen molar-refractivity contribution >= 4 is 17.6 Å². The Morgan fingerprint density at radius 2 is 1.68 bits per heavy atom. The fourth-order valence-corrected chi connectivity index (χ4v) is 2.21. The van der Waals surface area contributed by atoms with Gasteiger partial charge in [0.2, 0.25) is 6.29 Å². The summed E-state index contributed by atoms with van der Waals surface area (Å²) < 4.78 is 10.5. The Bertz CT molecular complexity index is 809. The number of halogens is 1. The molecule has 0 bridgehead atoms. The normalized spacial score (nSPS) is 11.5. The van der Waals surface area contributed by atoms with E-state index in [0.29, 0.717) is 27.7 Å². The molecule has 1 unspecified atom stereocenters. The fourth-order valence-electron chi connectivity index (χ4n) is 1.93. The number of aliphatic hydroxyl groups is 1. The van der Waals surface area contributed by atoms with Crippen molar-refractivity contribution in [1.82, 2.24) is 0 Å². The lowest BCUT2D eigenvalue weighted by atomic mass is 10.1. The van der Waals surface area contributed by atoms with Gasteiger partial charge < -0.3 is 14.6 Å². The Morgan fingerprint density at radius 3 is 2.20 bits per heavy atom. The summed E-state index contributed by atoms with van der Waals surface area (Å²) in [6.07, 6.45) is -1.08. The molecule has 4 nitrogen and oxygen atoms in total. The zero-order valence-electron chi connectivity index (χ0n) is 14.1. The molecular formula is C20H19ClO4. The molecule has 1 atom stereocenters. The van der Waals surface area contributed by atoms with Crippen molar-refractivity contribution in [3.63, 3.8) is 0 Å². The summed E-state index contributed by atoms with van der Waals surface area (Å²) >= 11 is 6.31. The molecule has 2 rings (SSSR count). The number of ether oxygens (including phenoxy) is 2. The van der Waals surface area contributed by atoms with Gasteiger partial charge in [-0.2, -0.15) is 0 Å². The molecule has 0 saturated heterocycles. The highest BCUT2D eigenvalue weighted by Crippen LogP contribution is 2.32. The summed E-state index contributed by atoms with van der Waals surface area (Å²) in [7, 11) is 0. The van der Waals surface area contributed by atoms with Crippen LogP contribution in [0.5, 0.6) is 11.5 Å². The van der Waals surface area contributed by atoms with Crippen LogP contribution in [0.1, 0.15) is 13.8 Å². The minimum absolute atomic E-state index is 0.333. The van der Waals surface area contributed by atoms with E-state index in [4.69, 9.17) is 21.1 Å². The average Bonchev–Trinajstić information content (AvgIpc) is 2.55. The smallest absolute Gasteiger partial charge is 0.338 e. The second-order valence-electron chi connectivity index (χ2n) is 5.65. The van der Waals surface area contributed by atoms with Crippen molar-refractivity contribution in [3.8, 4) is 22.6 Å². The molecule has 0 aliphatic rings. The lowest BCUT2D eigenvalue weighted by Crippen LogP contribution is -2.15. The topological polar surface area (TPSA) is 55.8 Å². The van der Waals surface area contributed by atoms with Gasteiger partial charge in [-0.15, -0.1) is 0 Å². The van der Waals surface area contributed by atoms with E-state index in [0.717, 1.165) is 11.1 Å². The predicted molar refractivity (Wildman–Crippen MR) is 98.8 cm³/mol. The molecule has 2 aromatic rings. The van der Waals surface area contributed by atoms with E-state index in [9.17, 15) is 9.90 Å². The van der Waals surface area contributed by atoms with E-state index in [1.807, 2.05) is 0 Å². The van der Waals surface area contributed by atoms with Crippen molar-refractivity contribution in [2.24, 2.45) is 0 Å². The number of carbonyl (C=O) groups excluding carboxylic acids is 1. The summed E-state index contributed by atoms with van der Waals surface area (Å²) in [6, 6.07) is 12.1. The molecule has 0 aliphatic carbocycles. The Labute approximate surface area is 152 Å². The first-order chi connectivity index (χ1) is 11.8. The Kier molecular flexibility index (Phi) is 6.02. The molecule has 25 heavy (non-hydrogen) atoms. The van der Waals surface area contributed by atoms with Crippen molar-refractivity contribution < 1.29 is 19.4 Å². The third-order valence-electron chi connectivity index (χ3n) is 3.33. The first-order valence-electron chi connectivity index (χ1n) is 7.55. The van der Waals surface area contributed by atoms with Crippen LogP contribution in [0.4, 0.5) is 0 Å². The molecular weight excluding hydrogens is 340 g/mol. The Hall–Kier alpha value is -2.56. The summed E-state index contributed by atoms with van der Waals surface area (Å²) in [5.74, 6) is 0.400. The Morgan fingerprint density at radius 1 is 1.08 bits per heavy atom. The summed E-state index contributed by atoms with van der Waals surface area (Å²) in [5, 5.41) is 10.2. The third-order valence-corrected chi connectivity index (χ3v) is 3.65. The highest BCUT2D eigenvalue weighted by Gasteiger charge is 2.10. The lowest BCUT2D eigenvalue weighted by Gasteiger charge is -2.14. The molecule has 0 saturated carbocycles. The highest BCUT2D eigenvalue weighted by molar-refractivity contribution is 6.33. The van der Waals surface area contributed by atoms with Crippen molar-refractivity contribution in [3.05, 3.63) is 71.8 Å². The van der Waals surface area contributed by atoms with Crippen molar-refractivity contribution in [2.75, 3.05) is 0 Å². The van der Waals surface area contributed by atoms with E-state index >= 15 is 0 Å². The van der Waals surface area contributed by atoms with Gasteiger partial charge in [-0.3, -0.25) is 0 Å². The van der Waals surface area contributed by atoms with Gasteiger partial charge in [-0.1, -0.05) is 36.9 Å². The SMILES string of the molecule is C=C(C)C(=O)Oc1ccc(-c2ccc(OC(O)C(=C)C)cc2Cl)cc1. The maximum atomic E-state index is 11.5. The largest absolute Gasteiger partial charge is 0.461 e. The molecule has 5 heteroatoms. The number of benzene rings is 2. The van der Waals surface area contributed by atoms with Crippen LogP contribution in [0, 0.1) is 0 Å². The minimum atomic E-state index is -1.08. The molecule has 1 N–H and O–H groups in total. The zero-order valence-corrected chi connectivity index (χ0v) is 14.8. The first kappa shape index (κ1) is 18.8. The second-order valence-corrected chi connectivity index (χ2v) is 6.06. The van der Waals surface area contributed by atoms with Gasteiger partial charge >= 0.3 is 5.97 Å². The summed E-state index contributed by atoms with van der Waals surface area (Å²) in [6.45, 7) is 10.4. The average molecular weight is 359 g/mol. The van der Waals surface area contributed by atoms with E-state index in [-0.39, 0.29) is 0 Å². The van der Waals surface area contributed by atoms with Crippen LogP contribution in [0.15, 0.2) is 66.8 Å². The van der Waals surface area contributed by atoms with Gasteiger partial charge in [0, 0.05) is 11.1 Å². The van der Waals surface area contributed by atoms with Crippen LogP contribution in [0.2, 0.25) is 5.02 Å². The summed E-state index contributed by atoms with van der Waals surface area (Å²) in [5.41, 5.74) is 2.48. The first-order valence-corrected chi connectivity index (χ1v) is 7.93. The third kappa shape index (κ3) is 4.95. The quantitative estimate of drug-likeness (QED) is 0.266. The van der Waals surface area contributed by atoms with Gasteiger partial charge in [-0.05, 0) is 55.3 Å². The van der Waals surface area contributed by atoms with E-state index in [1.54, 1.807) is 56.3 Å². The molecule has 0 aromatic heterocycles. The van der Waals surface area contributed by atoms with Crippen molar-refractivity contribution in [2.45, 2.75) is 20.1 Å². The molecule has 130 valence electrons. The van der Waals surface area contributed by atoms with Gasteiger partial charge in [0.15, 0.2) is 0 Å². The predicted octanol–water partition coefficient (Wildman–Crippen LogP) is 4.76. The number of esters is 1. The number of rotatable bonds is 6. The Balaban J connectivity index is 2.17. The van der Waals surface area contributed by atoms with Gasteiger partial charge in [0.25, 0.3) is 0 Å². The maximum absolute atomic E-state index is 11.5. The summed E-state index contributed by atoms with van der Waals surface area (Å²) in [4.78, 5) is 11.5. The van der Waals surface area contributed by atoms with Crippen LogP contribution in [0.3, 0.4) is 0 Å². The molecule has 0 aliphatic heterocycles. The van der Waals surface area contributed by atoms with Crippen LogP contribution in [-0.2, 0) is 4.79 Å². The standard InChI is InChI=1S/C20H19ClO4/c1-12(2)19(22)24-15-7-5-14(6-8-15)17-10-9-16(11-18(17)21)25-20(23)13(3)4/h5-11,20,23H,1,3H2,2,4H3. The van der Waals surface area contributed by atoms with Gasteiger partial charge in [0.1, 0.15) is 11.5 Å². The van der Waals surface area contributed by atoms with Gasteiger partial charge in [0.05, 0.1) is 5.02 Å². The van der Waals surface area contributed by atoms with Crippen LogP contribution in [0.25, 0.3) is 11.1 Å². The van der Waals surface area contributed by atoms with Crippen molar-refractivity contribution in [1.29, 1.82) is 0 Å². The lowest BCUT2D eigenvalue weighted by molar-refractivity contribution is -0.130. The van der Waals surface area contributed by atoms with Crippen LogP contribution >= 0.6 is 11.6 Å². The number of hydrogen-bond donors (Lipinski definition) is 1. The monoisotopic (exact) mass is 358 g/mol. The minimum Gasteiger partial charge on any atom is -0.461 e. The van der Waals surface area contributed by atoms with E-state index < -0.39 is 12.3 Å². The number of carbonyl (C=O) groups is 1. The second kappa shape index (κ2) is 8.01. The van der Waals surface area contributed by atoms with Crippen LogP contribution in [-0.4, -0.2) is 17.4 Å². The zero-order chi connectivity index (χ0) is 18.6. The maximum Gasteiger partial charge on any atom is 0.338 e. The molecule has 0 heterocycles. The highest BCUT2D eigenvalue weighted by atomic mass is 35.5. The number of aliphatic hydroxyl groups excluding tert-OH is 1. The van der Waals surface area contributed by atoms with E-state index in [1.165, 1.54) is 0 Å².